The molecule has 1 amide bonds. The number of nitrogens with one attached hydrogen (secondary N) is 1. The molecule has 0 saturated carbocycles. The number of nitrogens with zero attached hydrogens (tertiary/aromatic N) is 3. The maximum absolute atomic E-state index is 13.0. The second-order valence-corrected chi connectivity index (χ2v) is 3.85. The average molecular weight is 290 g/mol. The fourth-order valence-electron chi connectivity index (χ4n) is 1.45. The van der Waals surface area contributed by atoms with Crippen molar-refractivity contribution in [3.63, 3.8) is 0 Å². The van der Waals surface area contributed by atoms with Gasteiger partial charge in [-0.25, -0.2) is 18.3 Å². The van der Waals surface area contributed by atoms with Crippen LogP contribution in [0.1, 0.15) is 42.9 Å². The van der Waals surface area contributed by atoms with Crippen LogP contribution in [0.4, 0.5) is 8.78 Å². The van der Waals surface area contributed by atoms with E-state index in [0.717, 1.165) is 6.42 Å². The highest BCUT2D eigenvalue weighted by Gasteiger charge is 2.28. The molecule has 112 valence electrons. The second kappa shape index (κ2) is 7.51. The highest BCUT2D eigenvalue weighted by molar-refractivity contribution is 5.88. The predicted molar refractivity (Wildman–Crippen MR) is 64.2 cm³/mol. The van der Waals surface area contributed by atoms with Crippen molar-refractivity contribution in [1.82, 2.24) is 20.3 Å². The van der Waals surface area contributed by atoms with Gasteiger partial charge in [-0.3, -0.25) is 4.79 Å². The van der Waals surface area contributed by atoms with Crippen LogP contribution in [0.5, 0.6) is 0 Å². The number of halogens is 2. The Morgan fingerprint density at radius 3 is 2.65 bits per heavy atom. The number of esters is 1. The number of amides is 1. The fraction of sp³-hybridized carbons (Fsp3) is 0.636. The van der Waals surface area contributed by atoms with Gasteiger partial charge < -0.3 is 10.1 Å². The van der Waals surface area contributed by atoms with Crippen LogP contribution in [0.15, 0.2) is 0 Å². The molecule has 1 aromatic rings. The highest BCUT2D eigenvalue weighted by Crippen LogP contribution is 2.21. The normalized spacial score (nSPS) is 10.7. The predicted octanol–water partition coefficient (Wildman–Crippen LogP) is 0.919. The smallest absolute Gasteiger partial charge is 0.361 e. The monoisotopic (exact) mass is 290 g/mol. The summed E-state index contributed by atoms with van der Waals surface area (Å²) in [5.74, 6) is -1.46. The van der Waals surface area contributed by atoms with Crippen molar-refractivity contribution < 1.29 is 23.1 Å². The van der Waals surface area contributed by atoms with Gasteiger partial charge in [-0.2, -0.15) is 0 Å². The number of carbonyl (C=O) groups excluding carboxylic acids is 2. The molecule has 7 nitrogen and oxygen atoms in total. The molecule has 0 aliphatic carbocycles. The standard InChI is InChI=1S/C11H16F2N4O3/c1-3-5-14-7(18)6-17-9(10(12)13)8(15-16-17)11(19)20-4-2/h10H,3-6H2,1-2H3,(H,14,18). The Hall–Kier alpha value is -2.06. The molecular formula is C11H16F2N4O3. The number of alkyl halides is 2. The topological polar surface area (TPSA) is 86.1 Å². The van der Waals surface area contributed by atoms with Crippen LogP contribution in [0.3, 0.4) is 0 Å². The van der Waals surface area contributed by atoms with Crippen LogP contribution in [-0.2, 0) is 16.1 Å². The van der Waals surface area contributed by atoms with Crippen molar-refractivity contribution >= 4 is 11.9 Å². The molecule has 1 N–H and O–H groups in total. The first-order valence-electron chi connectivity index (χ1n) is 6.16. The molecule has 0 saturated heterocycles. The summed E-state index contributed by atoms with van der Waals surface area (Å²) in [6.45, 7) is 3.45. The molecule has 0 aromatic carbocycles. The fourth-order valence-corrected chi connectivity index (χ4v) is 1.45. The van der Waals surface area contributed by atoms with Crippen LogP contribution >= 0.6 is 0 Å². The van der Waals surface area contributed by atoms with Gasteiger partial charge in [0.25, 0.3) is 6.43 Å². The lowest BCUT2D eigenvalue weighted by Gasteiger charge is -2.07. The van der Waals surface area contributed by atoms with Crippen molar-refractivity contribution in [2.24, 2.45) is 0 Å². The molecule has 0 unspecified atom stereocenters. The van der Waals surface area contributed by atoms with Gasteiger partial charge in [-0.05, 0) is 13.3 Å². The summed E-state index contributed by atoms with van der Waals surface area (Å²) in [6.07, 6.45) is -2.26. The molecule has 1 heterocycles. The van der Waals surface area contributed by atoms with Gasteiger partial charge >= 0.3 is 5.97 Å². The van der Waals surface area contributed by atoms with E-state index >= 15 is 0 Å². The zero-order chi connectivity index (χ0) is 15.1. The van der Waals surface area contributed by atoms with Gasteiger partial charge in [0, 0.05) is 6.54 Å². The molecule has 0 aliphatic rings. The maximum atomic E-state index is 13.0. The van der Waals surface area contributed by atoms with E-state index in [0.29, 0.717) is 11.2 Å². The Labute approximate surface area is 114 Å². The molecular weight excluding hydrogens is 274 g/mol. The molecule has 0 aliphatic heterocycles. The zero-order valence-corrected chi connectivity index (χ0v) is 11.2. The number of hydrogen-bond acceptors (Lipinski definition) is 5. The average Bonchev–Trinajstić information content (AvgIpc) is 2.80. The van der Waals surface area contributed by atoms with E-state index in [1.54, 1.807) is 6.92 Å². The number of hydrogen-bond donors (Lipinski definition) is 1. The molecule has 0 atom stereocenters. The van der Waals surface area contributed by atoms with Gasteiger partial charge in [0.15, 0.2) is 5.69 Å². The molecule has 0 fully saturated rings. The Kier molecular flexibility index (Phi) is 6.01. The zero-order valence-electron chi connectivity index (χ0n) is 11.2. The molecule has 1 aromatic heterocycles. The number of rotatable bonds is 7. The summed E-state index contributed by atoms with van der Waals surface area (Å²) < 4.78 is 31.3. The summed E-state index contributed by atoms with van der Waals surface area (Å²) in [5, 5.41) is 9.30. The van der Waals surface area contributed by atoms with Crippen molar-refractivity contribution in [2.45, 2.75) is 33.2 Å². The Bertz CT molecular complexity index is 476. The van der Waals surface area contributed by atoms with Crippen molar-refractivity contribution in [2.75, 3.05) is 13.2 Å². The van der Waals surface area contributed by atoms with E-state index in [-0.39, 0.29) is 6.61 Å². The van der Waals surface area contributed by atoms with Gasteiger partial charge in [-0.15, -0.1) is 5.10 Å². The van der Waals surface area contributed by atoms with Gasteiger partial charge in [0.05, 0.1) is 6.61 Å². The highest BCUT2D eigenvalue weighted by atomic mass is 19.3. The third-order valence-corrected chi connectivity index (χ3v) is 2.31. The van der Waals surface area contributed by atoms with E-state index in [9.17, 15) is 18.4 Å². The minimum atomic E-state index is -2.98. The van der Waals surface area contributed by atoms with Crippen LogP contribution < -0.4 is 5.32 Å². The first-order valence-corrected chi connectivity index (χ1v) is 6.16. The first kappa shape index (κ1) is 16.0. The van der Waals surface area contributed by atoms with Crippen LogP contribution in [-0.4, -0.2) is 40.0 Å². The van der Waals surface area contributed by atoms with Crippen LogP contribution in [0, 0.1) is 0 Å². The molecule has 0 radical (unpaired) electrons. The van der Waals surface area contributed by atoms with Crippen molar-refractivity contribution in [1.29, 1.82) is 0 Å². The second-order valence-electron chi connectivity index (χ2n) is 3.85. The minimum absolute atomic E-state index is 0.0331. The summed E-state index contributed by atoms with van der Waals surface area (Å²) in [5.41, 5.74) is -1.28. The van der Waals surface area contributed by atoms with Gasteiger partial charge in [0.2, 0.25) is 5.91 Å². The largest absolute Gasteiger partial charge is 0.461 e. The Morgan fingerprint density at radius 2 is 2.10 bits per heavy atom. The van der Waals surface area contributed by atoms with Crippen LogP contribution in [0.25, 0.3) is 0 Å². The number of ether oxygens (including phenoxy) is 1. The first-order chi connectivity index (χ1) is 9.51. The lowest BCUT2D eigenvalue weighted by Crippen LogP contribution is -2.29. The minimum Gasteiger partial charge on any atom is -0.461 e. The molecule has 9 heteroatoms. The SMILES string of the molecule is CCCNC(=O)Cn1nnc(C(=O)OCC)c1C(F)F. The quantitative estimate of drug-likeness (QED) is 0.755. The van der Waals surface area contributed by atoms with Crippen molar-refractivity contribution in [3.05, 3.63) is 11.4 Å². The molecule has 1 rings (SSSR count). The summed E-state index contributed by atoms with van der Waals surface area (Å²) in [6, 6.07) is 0. The molecule has 0 spiro atoms. The maximum Gasteiger partial charge on any atom is 0.361 e. The van der Waals surface area contributed by atoms with Crippen molar-refractivity contribution in [3.8, 4) is 0 Å². The van der Waals surface area contributed by atoms with Crippen LogP contribution in [0.2, 0.25) is 0 Å². The summed E-state index contributed by atoms with van der Waals surface area (Å²) in [7, 11) is 0. The molecule has 0 bridgehead atoms. The Morgan fingerprint density at radius 1 is 1.40 bits per heavy atom. The summed E-state index contributed by atoms with van der Waals surface area (Å²) in [4.78, 5) is 23.0. The lowest BCUT2D eigenvalue weighted by molar-refractivity contribution is -0.121. The Balaban J connectivity index is 2.92. The van der Waals surface area contributed by atoms with Gasteiger partial charge in [-0.1, -0.05) is 12.1 Å². The number of carbonyl (C=O) groups is 2. The van der Waals surface area contributed by atoms with E-state index in [4.69, 9.17) is 0 Å². The lowest BCUT2D eigenvalue weighted by atomic mass is 10.3. The third kappa shape index (κ3) is 3.97. The van der Waals surface area contributed by atoms with E-state index in [2.05, 4.69) is 20.4 Å². The van der Waals surface area contributed by atoms with E-state index in [1.807, 2.05) is 6.92 Å². The summed E-state index contributed by atoms with van der Waals surface area (Å²) >= 11 is 0. The molecule has 20 heavy (non-hydrogen) atoms. The number of aromatic nitrogens is 3. The van der Waals surface area contributed by atoms with Gasteiger partial charge in [0.1, 0.15) is 12.2 Å². The third-order valence-electron chi connectivity index (χ3n) is 2.31. The van der Waals surface area contributed by atoms with E-state index < -0.39 is 36.2 Å². The van der Waals surface area contributed by atoms with E-state index in [1.165, 1.54) is 0 Å².